The average molecular weight is 182 g/mol. The summed E-state index contributed by atoms with van der Waals surface area (Å²) in [6, 6.07) is 0. The molecule has 5 nitrogen and oxygen atoms in total. The van der Waals surface area contributed by atoms with Crippen molar-refractivity contribution in [3.05, 3.63) is 12.1 Å². The summed E-state index contributed by atoms with van der Waals surface area (Å²) < 4.78 is 5.04. The van der Waals surface area contributed by atoms with Crippen molar-refractivity contribution in [2.24, 2.45) is 0 Å². The molecular formula is C8H10N2O3. The first-order valence-corrected chi connectivity index (χ1v) is 4.21. The van der Waals surface area contributed by atoms with Crippen molar-refractivity contribution in [2.45, 2.75) is 12.8 Å². The number of aromatic nitrogens is 1. The normalized spacial score (nSPS) is 16.5. The van der Waals surface area contributed by atoms with Crippen LogP contribution in [0.5, 0.6) is 0 Å². The van der Waals surface area contributed by atoms with Crippen LogP contribution in [0.2, 0.25) is 0 Å². The number of nitrogens with zero attached hydrogens (tertiary/aromatic N) is 2. The molecule has 0 saturated carbocycles. The number of aromatic carboxylic acids is 1. The Labute approximate surface area is 75.0 Å². The highest BCUT2D eigenvalue weighted by Crippen LogP contribution is 2.20. The van der Waals surface area contributed by atoms with Gasteiger partial charge in [-0.05, 0) is 12.8 Å². The minimum absolute atomic E-state index is 0.234. The van der Waals surface area contributed by atoms with E-state index in [1.807, 2.05) is 4.90 Å². The number of carboxylic acid groups (broad SMARTS) is 1. The second kappa shape index (κ2) is 3.08. The molecule has 13 heavy (non-hydrogen) atoms. The fraction of sp³-hybridized carbons (Fsp3) is 0.500. The molecule has 1 aromatic rings. The van der Waals surface area contributed by atoms with E-state index < -0.39 is 5.97 Å². The molecule has 0 atom stereocenters. The summed E-state index contributed by atoms with van der Waals surface area (Å²) in [4.78, 5) is 16.1. The van der Waals surface area contributed by atoms with E-state index >= 15 is 0 Å². The minimum atomic E-state index is -1.12. The van der Waals surface area contributed by atoms with Crippen LogP contribution in [0.1, 0.15) is 23.5 Å². The SMILES string of the molecule is O=C(O)c1ncc(N2CCCC2)o1. The van der Waals surface area contributed by atoms with E-state index in [0.29, 0.717) is 5.88 Å². The standard InChI is InChI=1S/C8H10N2O3/c11-8(12)7-9-5-6(13-7)10-3-1-2-4-10/h5H,1-4H2,(H,11,12). The topological polar surface area (TPSA) is 66.6 Å². The summed E-state index contributed by atoms with van der Waals surface area (Å²) in [5, 5.41) is 8.57. The minimum Gasteiger partial charge on any atom is -0.474 e. The number of rotatable bonds is 2. The molecule has 0 aliphatic carbocycles. The number of hydrogen-bond acceptors (Lipinski definition) is 4. The van der Waals surface area contributed by atoms with E-state index in [4.69, 9.17) is 9.52 Å². The maximum atomic E-state index is 10.5. The lowest BCUT2D eigenvalue weighted by atomic mass is 10.4. The van der Waals surface area contributed by atoms with Crippen LogP contribution < -0.4 is 4.90 Å². The summed E-state index contributed by atoms with van der Waals surface area (Å²) in [6.45, 7) is 1.85. The summed E-state index contributed by atoms with van der Waals surface area (Å²) in [6.07, 6.45) is 3.72. The van der Waals surface area contributed by atoms with Crippen LogP contribution >= 0.6 is 0 Å². The Hall–Kier alpha value is -1.52. The summed E-state index contributed by atoms with van der Waals surface area (Å²) in [5.41, 5.74) is 0. The first kappa shape index (κ1) is 8.10. The maximum absolute atomic E-state index is 10.5. The van der Waals surface area contributed by atoms with Crippen LogP contribution in [-0.4, -0.2) is 29.1 Å². The molecule has 0 aromatic carbocycles. The number of hydrogen-bond donors (Lipinski definition) is 1. The zero-order valence-electron chi connectivity index (χ0n) is 7.06. The molecule has 1 N–H and O–H groups in total. The van der Waals surface area contributed by atoms with Crippen LogP contribution in [0.4, 0.5) is 5.88 Å². The molecule has 1 aliphatic rings. The van der Waals surface area contributed by atoms with Gasteiger partial charge < -0.3 is 14.4 Å². The van der Waals surface area contributed by atoms with Crippen LogP contribution in [0.15, 0.2) is 10.6 Å². The molecule has 70 valence electrons. The molecule has 2 rings (SSSR count). The molecule has 1 saturated heterocycles. The highest BCUT2D eigenvalue weighted by molar-refractivity contribution is 5.82. The van der Waals surface area contributed by atoms with Crippen molar-refractivity contribution in [1.82, 2.24) is 4.98 Å². The van der Waals surface area contributed by atoms with E-state index in [9.17, 15) is 4.79 Å². The zero-order valence-corrected chi connectivity index (χ0v) is 7.06. The molecule has 1 aliphatic heterocycles. The van der Waals surface area contributed by atoms with Gasteiger partial charge in [-0.3, -0.25) is 0 Å². The molecule has 5 heteroatoms. The van der Waals surface area contributed by atoms with Crippen molar-refractivity contribution >= 4 is 11.9 Å². The van der Waals surface area contributed by atoms with Crippen molar-refractivity contribution in [2.75, 3.05) is 18.0 Å². The van der Waals surface area contributed by atoms with Gasteiger partial charge in [0.15, 0.2) is 0 Å². The average Bonchev–Trinajstić information content (AvgIpc) is 2.75. The van der Waals surface area contributed by atoms with Gasteiger partial charge in [0.1, 0.15) is 0 Å². The monoisotopic (exact) mass is 182 g/mol. The van der Waals surface area contributed by atoms with Gasteiger partial charge in [-0.2, -0.15) is 0 Å². The van der Waals surface area contributed by atoms with E-state index in [1.165, 1.54) is 6.20 Å². The smallest absolute Gasteiger partial charge is 0.392 e. The Balaban J connectivity index is 2.16. The van der Waals surface area contributed by atoms with E-state index in [-0.39, 0.29) is 5.89 Å². The highest BCUT2D eigenvalue weighted by Gasteiger charge is 2.18. The number of oxazole rings is 1. The number of anilines is 1. The summed E-state index contributed by atoms with van der Waals surface area (Å²) in [5.74, 6) is -0.790. The van der Waals surface area contributed by atoms with Gasteiger partial charge in [-0.1, -0.05) is 0 Å². The molecule has 0 bridgehead atoms. The zero-order chi connectivity index (χ0) is 9.26. The van der Waals surface area contributed by atoms with E-state index in [0.717, 1.165) is 25.9 Å². The summed E-state index contributed by atoms with van der Waals surface area (Å²) >= 11 is 0. The van der Waals surface area contributed by atoms with Crippen LogP contribution in [0, 0.1) is 0 Å². The van der Waals surface area contributed by atoms with Gasteiger partial charge in [-0.15, -0.1) is 0 Å². The first-order chi connectivity index (χ1) is 6.27. The van der Waals surface area contributed by atoms with Gasteiger partial charge >= 0.3 is 11.9 Å². The molecule has 2 heterocycles. The Bertz CT molecular complexity index is 315. The molecule has 0 unspecified atom stereocenters. The molecule has 0 amide bonds. The second-order valence-corrected chi connectivity index (χ2v) is 3.00. The quantitative estimate of drug-likeness (QED) is 0.738. The van der Waals surface area contributed by atoms with Crippen molar-refractivity contribution < 1.29 is 14.3 Å². The van der Waals surface area contributed by atoms with Crippen molar-refractivity contribution in [3.8, 4) is 0 Å². The number of carbonyl (C=O) groups is 1. The third-order valence-electron chi connectivity index (χ3n) is 2.09. The predicted octanol–water partition coefficient (Wildman–Crippen LogP) is 0.973. The first-order valence-electron chi connectivity index (χ1n) is 4.21. The maximum Gasteiger partial charge on any atom is 0.392 e. The largest absolute Gasteiger partial charge is 0.474 e. The molecule has 1 fully saturated rings. The van der Waals surface area contributed by atoms with E-state index in [2.05, 4.69) is 4.98 Å². The van der Waals surface area contributed by atoms with Crippen LogP contribution in [0.25, 0.3) is 0 Å². The van der Waals surface area contributed by atoms with Crippen LogP contribution in [-0.2, 0) is 0 Å². The Morgan fingerprint density at radius 2 is 2.23 bits per heavy atom. The second-order valence-electron chi connectivity index (χ2n) is 3.00. The molecule has 1 aromatic heterocycles. The number of carboxylic acids is 1. The van der Waals surface area contributed by atoms with Crippen molar-refractivity contribution in [1.29, 1.82) is 0 Å². The third-order valence-corrected chi connectivity index (χ3v) is 2.09. The summed E-state index contributed by atoms with van der Waals surface area (Å²) in [7, 11) is 0. The van der Waals surface area contributed by atoms with Gasteiger partial charge in [0.25, 0.3) is 0 Å². The van der Waals surface area contributed by atoms with Gasteiger partial charge in [0, 0.05) is 13.1 Å². The van der Waals surface area contributed by atoms with Gasteiger partial charge in [0.05, 0.1) is 6.20 Å². The molecule has 0 radical (unpaired) electrons. The molecule has 0 spiro atoms. The lowest BCUT2D eigenvalue weighted by molar-refractivity contribution is 0.0654. The Kier molecular flexibility index (Phi) is 1.92. The van der Waals surface area contributed by atoms with E-state index in [1.54, 1.807) is 0 Å². The lowest BCUT2D eigenvalue weighted by Gasteiger charge is -2.11. The fourth-order valence-electron chi connectivity index (χ4n) is 1.45. The fourth-order valence-corrected chi connectivity index (χ4v) is 1.45. The van der Waals surface area contributed by atoms with Gasteiger partial charge in [0.2, 0.25) is 5.88 Å². The predicted molar refractivity (Wildman–Crippen MR) is 44.9 cm³/mol. The third kappa shape index (κ3) is 1.49. The van der Waals surface area contributed by atoms with Crippen LogP contribution in [0.3, 0.4) is 0 Å². The Morgan fingerprint density at radius 3 is 2.77 bits per heavy atom. The highest BCUT2D eigenvalue weighted by atomic mass is 16.4. The molecular weight excluding hydrogens is 172 g/mol. The Morgan fingerprint density at radius 1 is 1.54 bits per heavy atom. The van der Waals surface area contributed by atoms with Crippen molar-refractivity contribution in [3.63, 3.8) is 0 Å². The lowest BCUT2D eigenvalue weighted by Crippen LogP contribution is -2.16. The van der Waals surface area contributed by atoms with Gasteiger partial charge in [-0.25, -0.2) is 9.78 Å².